The van der Waals surface area contributed by atoms with Crippen LogP contribution in [0, 0.1) is 0 Å². The SMILES string of the molecule is O=C(Cc1c[nH]c2ccccc12)N(Cc1ccccc1)c1ccccc1. The van der Waals surface area contributed by atoms with E-state index >= 15 is 0 Å². The predicted molar refractivity (Wildman–Crippen MR) is 106 cm³/mol. The first-order valence-corrected chi connectivity index (χ1v) is 8.75. The van der Waals surface area contributed by atoms with Crippen molar-refractivity contribution in [2.75, 3.05) is 4.90 Å². The molecule has 0 saturated carbocycles. The van der Waals surface area contributed by atoms with E-state index in [1.165, 1.54) is 0 Å². The molecule has 0 spiro atoms. The Morgan fingerprint density at radius 3 is 2.23 bits per heavy atom. The van der Waals surface area contributed by atoms with Gasteiger partial charge in [-0.15, -0.1) is 0 Å². The monoisotopic (exact) mass is 340 g/mol. The molecule has 0 bridgehead atoms. The summed E-state index contributed by atoms with van der Waals surface area (Å²) in [5.41, 5.74) is 4.12. The number of carbonyl (C=O) groups is 1. The Bertz CT molecular complexity index is 1010. The van der Waals surface area contributed by atoms with Gasteiger partial charge in [0.1, 0.15) is 0 Å². The van der Waals surface area contributed by atoms with Gasteiger partial charge in [-0.25, -0.2) is 0 Å². The lowest BCUT2D eigenvalue weighted by molar-refractivity contribution is -0.118. The normalized spacial score (nSPS) is 10.8. The van der Waals surface area contributed by atoms with Gasteiger partial charge in [-0.2, -0.15) is 0 Å². The van der Waals surface area contributed by atoms with E-state index < -0.39 is 0 Å². The molecule has 0 aliphatic carbocycles. The fourth-order valence-corrected chi connectivity index (χ4v) is 3.23. The first-order valence-electron chi connectivity index (χ1n) is 8.75. The number of nitrogens with one attached hydrogen (secondary N) is 1. The van der Waals surface area contributed by atoms with E-state index in [9.17, 15) is 4.79 Å². The highest BCUT2D eigenvalue weighted by atomic mass is 16.2. The van der Waals surface area contributed by atoms with Gasteiger partial charge in [0, 0.05) is 22.8 Å². The molecule has 0 atom stereocenters. The quantitative estimate of drug-likeness (QED) is 0.548. The van der Waals surface area contributed by atoms with Crippen molar-refractivity contribution < 1.29 is 4.79 Å². The first-order chi connectivity index (χ1) is 12.8. The third kappa shape index (κ3) is 3.38. The van der Waals surface area contributed by atoms with Gasteiger partial charge in [0.05, 0.1) is 13.0 Å². The number of H-pyrrole nitrogens is 1. The predicted octanol–water partition coefficient (Wildman–Crippen LogP) is 4.94. The number of anilines is 1. The third-order valence-corrected chi connectivity index (χ3v) is 4.57. The Morgan fingerprint density at radius 2 is 1.46 bits per heavy atom. The Hall–Kier alpha value is -3.33. The Kier molecular flexibility index (Phi) is 4.52. The largest absolute Gasteiger partial charge is 0.361 e. The van der Waals surface area contributed by atoms with Crippen LogP contribution >= 0.6 is 0 Å². The van der Waals surface area contributed by atoms with E-state index in [-0.39, 0.29) is 5.91 Å². The fourth-order valence-electron chi connectivity index (χ4n) is 3.23. The number of benzene rings is 3. The smallest absolute Gasteiger partial charge is 0.231 e. The number of aromatic amines is 1. The number of carbonyl (C=O) groups excluding carboxylic acids is 1. The number of aromatic nitrogens is 1. The van der Waals surface area contributed by atoms with Crippen LogP contribution in [0.15, 0.2) is 91.1 Å². The average Bonchev–Trinajstić information content (AvgIpc) is 3.10. The van der Waals surface area contributed by atoms with Crippen LogP contribution < -0.4 is 4.90 Å². The zero-order chi connectivity index (χ0) is 17.8. The van der Waals surface area contributed by atoms with E-state index in [0.717, 1.165) is 27.7 Å². The number of nitrogens with zero attached hydrogens (tertiary/aromatic N) is 1. The summed E-state index contributed by atoms with van der Waals surface area (Å²) in [5, 5.41) is 1.11. The van der Waals surface area contributed by atoms with Gasteiger partial charge in [-0.05, 0) is 29.3 Å². The molecule has 128 valence electrons. The van der Waals surface area contributed by atoms with Crippen LogP contribution in [0.1, 0.15) is 11.1 Å². The summed E-state index contributed by atoms with van der Waals surface area (Å²) in [6, 6.07) is 28.0. The zero-order valence-electron chi connectivity index (χ0n) is 14.4. The second-order valence-corrected chi connectivity index (χ2v) is 6.34. The molecule has 1 heterocycles. The van der Waals surface area contributed by atoms with Gasteiger partial charge in [-0.1, -0.05) is 66.7 Å². The molecule has 3 nitrogen and oxygen atoms in total. The summed E-state index contributed by atoms with van der Waals surface area (Å²) < 4.78 is 0. The number of rotatable bonds is 5. The summed E-state index contributed by atoms with van der Waals surface area (Å²) in [6.45, 7) is 0.562. The number of fused-ring (bicyclic) bond motifs is 1. The molecule has 3 heteroatoms. The van der Waals surface area contributed by atoms with Crippen LogP contribution in [-0.4, -0.2) is 10.9 Å². The highest BCUT2D eigenvalue weighted by molar-refractivity contribution is 5.97. The lowest BCUT2D eigenvalue weighted by Crippen LogP contribution is -2.31. The van der Waals surface area contributed by atoms with Crippen LogP contribution in [0.2, 0.25) is 0 Å². The lowest BCUT2D eigenvalue weighted by Gasteiger charge is -2.23. The van der Waals surface area contributed by atoms with E-state index in [1.54, 1.807) is 0 Å². The van der Waals surface area contributed by atoms with Crippen molar-refractivity contribution in [2.24, 2.45) is 0 Å². The zero-order valence-corrected chi connectivity index (χ0v) is 14.4. The van der Waals surface area contributed by atoms with Crippen LogP contribution in [-0.2, 0) is 17.8 Å². The molecule has 0 saturated heterocycles. The summed E-state index contributed by atoms with van der Waals surface area (Å²) in [4.78, 5) is 18.3. The van der Waals surface area contributed by atoms with Crippen molar-refractivity contribution in [3.63, 3.8) is 0 Å². The summed E-state index contributed by atoms with van der Waals surface area (Å²) in [7, 11) is 0. The Morgan fingerprint density at radius 1 is 0.808 bits per heavy atom. The van der Waals surface area contributed by atoms with Crippen LogP contribution in [0.3, 0.4) is 0 Å². The molecule has 0 fully saturated rings. The molecule has 0 radical (unpaired) electrons. The second-order valence-electron chi connectivity index (χ2n) is 6.34. The molecule has 26 heavy (non-hydrogen) atoms. The van der Waals surface area contributed by atoms with Crippen LogP contribution in [0.4, 0.5) is 5.69 Å². The summed E-state index contributed by atoms with van der Waals surface area (Å²) in [6.07, 6.45) is 2.31. The van der Waals surface area contributed by atoms with E-state index in [2.05, 4.69) is 23.2 Å². The molecule has 1 amide bonds. The maximum atomic E-state index is 13.2. The van der Waals surface area contributed by atoms with Gasteiger partial charge < -0.3 is 9.88 Å². The van der Waals surface area contributed by atoms with E-state index in [1.807, 2.05) is 77.8 Å². The first kappa shape index (κ1) is 16.2. The van der Waals surface area contributed by atoms with Gasteiger partial charge in [0.15, 0.2) is 0 Å². The molecule has 4 rings (SSSR count). The molecule has 0 aliphatic heterocycles. The minimum absolute atomic E-state index is 0.0878. The number of hydrogen-bond donors (Lipinski definition) is 1. The summed E-state index contributed by atoms with van der Waals surface area (Å²) in [5.74, 6) is 0.0878. The van der Waals surface area contributed by atoms with E-state index in [4.69, 9.17) is 0 Å². The molecule has 0 unspecified atom stereocenters. The van der Waals surface area contributed by atoms with Crippen molar-refractivity contribution in [1.29, 1.82) is 0 Å². The highest BCUT2D eigenvalue weighted by Gasteiger charge is 2.18. The molecule has 0 aliphatic rings. The minimum atomic E-state index is 0.0878. The second kappa shape index (κ2) is 7.28. The fraction of sp³-hybridized carbons (Fsp3) is 0.0870. The number of hydrogen-bond acceptors (Lipinski definition) is 1. The standard InChI is InChI=1S/C23H20N2O/c26-23(15-19-16-24-22-14-8-7-13-21(19)22)25(20-11-5-2-6-12-20)17-18-9-3-1-4-10-18/h1-14,16,24H,15,17H2. The maximum Gasteiger partial charge on any atom is 0.231 e. The topological polar surface area (TPSA) is 36.1 Å². The van der Waals surface area contributed by atoms with Crippen molar-refractivity contribution in [1.82, 2.24) is 4.98 Å². The van der Waals surface area contributed by atoms with Gasteiger partial charge in [0.2, 0.25) is 5.91 Å². The van der Waals surface area contributed by atoms with Crippen molar-refractivity contribution in [2.45, 2.75) is 13.0 Å². The highest BCUT2D eigenvalue weighted by Crippen LogP contribution is 2.22. The van der Waals surface area contributed by atoms with Crippen LogP contribution in [0.5, 0.6) is 0 Å². The number of amides is 1. The van der Waals surface area contributed by atoms with Gasteiger partial charge in [-0.3, -0.25) is 4.79 Å². The third-order valence-electron chi connectivity index (χ3n) is 4.57. The molecule has 3 aromatic carbocycles. The molecular weight excluding hydrogens is 320 g/mol. The van der Waals surface area contributed by atoms with Crippen molar-refractivity contribution >= 4 is 22.5 Å². The molecule has 1 N–H and O–H groups in total. The van der Waals surface area contributed by atoms with Gasteiger partial charge >= 0.3 is 0 Å². The maximum absolute atomic E-state index is 13.2. The molecule has 1 aromatic heterocycles. The Balaban J connectivity index is 1.63. The molecular formula is C23H20N2O. The Labute approximate surface area is 152 Å². The molecule has 4 aromatic rings. The van der Waals surface area contributed by atoms with Gasteiger partial charge in [0.25, 0.3) is 0 Å². The number of para-hydroxylation sites is 2. The van der Waals surface area contributed by atoms with Crippen LogP contribution in [0.25, 0.3) is 10.9 Å². The van der Waals surface area contributed by atoms with Crippen molar-refractivity contribution in [3.05, 3.63) is 102 Å². The minimum Gasteiger partial charge on any atom is -0.361 e. The van der Waals surface area contributed by atoms with E-state index in [0.29, 0.717) is 13.0 Å². The van der Waals surface area contributed by atoms with Crippen molar-refractivity contribution in [3.8, 4) is 0 Å². The summed E-state index contributed by atoms with van der Waals surface area (Å²) >= 11 is 0. The lowest BCUT2D eigenvalue weighted by atomic mass is 10.1. The average molecular weight is 340 g/mol.